The predicted molar refractivity (Wildman–Crippen MR) is 48.5 cm³/mol. The summed E-state index contributed by atoms with van der Waals surface area (Å²) in [6.07, 6.45) is 2.62. The van der Waals surface area contributed by atoms with Gasteiger partial charge < -0.3 is 9.80 Å². The maximum Gasteiger partial charge on any atom is 0.0117 e. The van der Waals surface area contributed by atoms with Crippen LogP contribution in [0.4, 0.5) is 0 Å². The summed E-state index contributed by atoms with van der Waals surface area (Å²) in [6.45, 7) is 7.32. The van der Waals surface area contributed by atoms with Gasteiger partial charge in [-0.1, -0.05) is 0 Å². The van der Waals surface area contributed by atoms with E-state index in [1.807, 2.05) is 0 Å². The lowest BCUT2D eigenvalue weighted by molar-refractivity contribution is 0.154. The van der Waals surface area contributed by atoms with Crippen LogP contribution in [0.2, 0.25) is 0 Å². The van der Waals surface area contributed by atoms with Gasteiger partial charge in [0, 0.05) is 6.04 Å². The fraction of sp³-hybridized carbons (Fsp3) is 0.889. The van der Waals surface area contributed by atoms with E-state index in [4.69, 9.17) is 0 Å². The molecule has 0 spiro atoms. The van der Waals surface area contributed by atoms with E-state index in [2.05, 4.69) is 30.8 Å². The van der Waals surface area contributed by atoms with E-state index in [-0.39, 0.29) is 0 Å². The van der Waals surface area contributed by atoms with Crippen LogP contribution in [0.25, 0.3) is 0 Å². The Hall–Kier alpha value is -0.0800. The zero-order valence-corrected chi connectivity index (χ0v) is 7.71. The molecule has 1 aliphatic rings. The summed E-state index contributed by atoms with van der Waals surface area (Å²) in [5, 5.41) is 0. The van der Waals surface area contributed by atoms with Crippen LogP contribution in [0, 0.1) is 6.92 Å². The first-order chi connectivity index (χ1) is 5.24. The minimum absolute atomic E-state index is 0.781. The molecule has 11 heavy (non-hydrogen) atoms. The molecule has 0 atom stereocenters. The summed E-state index contributed by atoms with van der Waals surface area (Å²) in [6, 6.07) is 0.781. The minimum atomic E-state index is 0.781. The standard InChI is InChI=1S/C9H19N2/c1-4-11(3)9-5-7-10(2)8-6-9/h9H,1,4-8H2,2-3H3. The number of nitrogens with zero attached hydrogens (tertiary/aromatic N) is 2. The first-order valence-electron chi connectivity index (χ1n) is 4.42. The van der Waals surface area contributed by atoms with Gasteiger partial charge in [0.1, 0.15) is 0 Å². The number of piperidine rings is 1. The summed E-state index contributed by atoms with van der Waals surface area (Å²) in [7, 11) is 4.36. The maximum atomic E-state index is 3.89. The molecule has 1 radical (unpaired) electrons. The molecule has 2 nitrogen and oxygen atoms in total. The van der Waals surface area contributed by atoms with E-state index in [0.717, 1.165) is 12.6 Å². The SMILES string of the molecule is [CH2]CN(C)C1CCN(C)CC1. The third-order valence-corrected chi connectivity index (χ3v) is 2.66. The average molecular weight is 155 g/mol. The van der Waals surface area contributed by atoms with Crippen molar-refractivity contribution in [1.82, 2.24) is 9.80 Å². The Bertz CT molecular complexity index is 106. The molecule has 0 N–H and O–H groups in total. The van der Waals surface area contributed by atoms with Crippen LogP contribution in [0.1, 0.15) is 12.8 Å². The van der Waals surface area contributed by atoms with Crippen LogP contribution in [-0.4, -0.2) is 49.6 Å². The van der Waals surface area contributed by atoms with Crippen molar-refractivity contribution in [3.8, 4) is 0 Å². The Labute approximate surface area is 70.2 Å². The third-order valence-electron chi connectivity index (χ3n) is 2.66. The van der Waals surface area contributed by atoms with Crippen molar-refractivity contribution in [2.75, 3.05) is 33.7 Å². The van der Waals surface area contributed by atoms with Crippen molar-refractivity contribution in [1.29, 1.82) is 0 Å². The molecule has 2 heteroatoms. The topological polar surface area (TPSA) is 6.48 Å². The lowest BCUT2D eigenvalue weighted by Gasteiger charge is -2.34. The lowest BCUT2D eigenvalue weighted by atomic mass is 10.0. The average Bonchev–Trinajstić information content (AvgIpc) is 2.05. The van der Waals surface area contributed by atoms with Gasteiger partial charge >= 0.3 is 0 Å². The Kier molecular flexibility index (Phi) is 3.34. The van der Waals surface area contributed by atoms with Gasteiger partial charge in [0.05, 0.1) is 0 Å². The highest BCUT2D eigenvalue weighted by atomic mass is 15.2. The molecule has 0 bridgehead atoms. The van der Waals surface area contributed by atoms with Crippen LogP contribution >= 0.6 is 0 Å². The highest BCUT2D eigenvalue weighted by Gasteiger charge is 2.18. The van der Waals surface area contributed by atoms with Gasteiger partial charge in [0.25, 0.3) is 0 Å². The summed E-state index contributed by atoms with van der Waals surface area (Å²) in [4.78, 5) is 4.75. The fourth-order valence-electron chi connectivity index (χ4n) is 1.62. The fourth-order valence-corrected chi connectivity index (χ4v) is 1.62. The molecular weight excluding hydrogens is 136 g/mol. The number of hydrogen-bond donors (Lipinski definition) is 0. The Balaban J connectivity index is 2.27. The van der Waals surface area contributed by atoms with Crippen LogP contribution in [0.3, 0.4) is 0 Å². The summed E-state index contributed by atoms with van der Waals surface area (Å²) < 4.78 is 0. The van der Waals surface area contributed by atoms with Gasteiger partial charge in [-0.25, -0.2) is 0 Å². The van der Waals surface area contributed by atoms with Gasteiger partial charge in [-0.2, -0.15) is 0 Å². The molecule has 1 fully saturated rings. The van der Waals surface area contributed by atoms with Crippen LogP contribution in [0.15, 0.2) is 0 Å². The monoisotopic (exact) mass is 155 g/mol. The second-order valence-corrected chi connectivity index (χ2v) is 3.52. The second kappa shape index (κ2) is 4.07. The van der Waals surface area contributed by atoms with Crippen LogP contribution in [0.5, 0.6) is 0 Å². The van der Waals surface area contributed by atoms with Crippen molar-refractivity contribution in [2.45, 2.75) is 18.9 Å². The molecule has 0 aromatic carbocycles. The molecule has 1 heterocycles. The second-order valence-electron chi connectivity index (χ2n) is 3.52. The third kappa shape index (κ3) is 2.46. The van der Waals surface area contributed by atoms with E-state index < -0.39 is 0 Å². The molecule has 0 aliphatic carbocycles. The van der Waals surface area contributed by atoms with E-state index in [9.17, 15) is 0 Å². The quantitative estimate of drug-likeness (QED) is 0.583. The Morgan fingerprint density at radius 1 is 1.45 bits per heavy atom. The van der Waals surface area contributed by atoms with Crippen LogP contribution < -0.4 is 0 Å². The summed E-state index contributed by atoms with van der Waals surface area (Å²) in [5.74, 6) is 0. The van der Waals surface area contributed by atoms with Gasteiger partial charge in [-0.05, 0) is 53.5 Å². The number of likely N-dealkylation sites (tertiary alicyclic amines) is 1. The molecule has 65 valence electrons. The van der Waals surface area contributed by atoms with Crippen molar-refractivity contribution in [2.24, 2.45) is 0 Å². The minimum Gasteiger partial charge on any atom is -0.306 e. The Morgan fingerprint density at radius 2 is 2.00 bits per heavy atom. The van der Waals surface area contributed by atoms with Gasteiger partial charge in [-0.3, -0.25) is 0 Å². The predicted octanol–water partition coefficient (Wildman–Crippen LogP) is 0.846. The summed E-state index contributed by atoms with van der Waals surface area (Å²) in [5.41, 5.74) is 0. The van der Waals surface area contributed by atoms with E-state index >= 15 is 0 Å². The molecule has 1 aliphatic heterocycles. The molecule has 0 amide bonds. The maximum absolute atomic E-state index is 3.89. The van der Waals surface area contributed by atoms with Crippen LogP contribution in [-0.2, 0) is 0 Å². The van der Waals surface area contributed by atoms with E-state index in [1.54, 1.807) is 0 Å². The van der Waals surface area contributed by atoms with E-state index in [0.29, 0.717) is 0 Å². The van der Waals surface area contributed by atoms with Crippen molar-refractivity contribution < 1.29 is 0 Å². The number of hydrogen-bond acceptors (Lipinski definition) is 2. The normalized spacial score (nSPS) is 22.9. The molecule has 1 saturated heterocycles. The van der Waals surface area contributed by atoms with Crippen molar-refractivity contribution in [3.05, 3.63) is 6.92 Å². The molecule has 1 rings (SSSR count). The Morgan fingerprint density at radius 3 is 2.45 bits per heavy atom. The largest absolute Gasteiger partial charge is 0.306 e. The molecule has 0 unspecified atom stereocenters. The zero-order chi connectivity index (χ0) is 8.27. The van der Waals surface area contributed by atoms with E-state index in [1.165, 1.54) is 25.9 Å². The van der Waals surface area contributed by atoms with Gasteiger partial charge in [0.15, 0.2) is 0 Å². The molecule has 0 saturated carbocycles. The zero-order valence-electron chi connectivity index (χ0n) is 7.71. The summed E-state index contributed by atoms with van der Waals surface area (Å²) >= 11 is 0. The van der Waals surface area contributed by atoms with Crippen molar-refractivity contribution >= 4 is 0 Å². The number of rotatable bonds is 2. The smallest absolute Gasteiger partial charge is 0.0117 e. The lowest BCUT2D eigenvalue weighted by Crippen LogP contribution is -2.41. The molecule has 0 aromatic rings. The highest BCUT2D eigenvalue weighted by Crippen LogP contribution is 2.12. The van der Waals surface area contributed by atoms with Crippen molar-refractivity contribution in [3.63, 3.8) is 0 Å². The first-order valence-corrected chi connectivity index (χ1v) is 4.42. The first kappa shape index (κ1) is 9.01. The van der Waals surface area contributed by atoms with Gasteiger partial charge in [0.2, 0.25) is 0 Å². The molecular formula is C9H19N2. The van der Waals surface area contributed by atoms with Gasteiger partial charge in [-0.15, -0.1) is 0 Å². The molecule has 0 aromatic heterocycles. The highest BCUT2D eigenvalue weighted by molar-refractivity contribution is 4.76.